The number of benzene rings is 2. The molecule has 0 aromatic heterocycles. The molecule has 1 amide bonds. The number of nitrogens with one attached hydrogen (secondary N) is 1. The van der Waals surface area contributed by atoms with Crippen molar-refractivity contribution >= 4 is 17.6 Å². The molecule has 0 saturated heterocycles. The summed E-state index contributed by atoms with van der Waals surface area (Å²) in [5.41, 5.74) is 4.65. The Morgan fingerprint density at radius 1 is 1.08 bits per heavy atom. The Morgan fingerprint density at radius 2 is 1.76 bits per heavy atom. The molecule has 1 saturated carbocycles. The van der Waals surface area contributed by atoms with Crippen LogP contribution in [0.15, 0.2) is 42.5 Å². The van der Waals surface area contributed by atoms with Crippen molar-refractivity contribution < 1.29 is 14.7 Å². The standard InChI is InChI=1S/C21H23NO3/c1-14-10-15(2)12-17(11-14)21(8-9-21)20(25)22-18-5-3-4-16(13-18)6-7-19(23)24/h3-5,10-13H,6-9H2,1-2H3,(H,22,25)(H,23,24). The minimum atomic E-state index is -0.818. The SMILES string of the molecule is Cc1cc(C)cc(C2(C(=O)Nc3cccc(CCC(=O)O)c3)CC2)c1. The number of hydrogen-bond acceptors (Lipinski definition) is 2. The van der Waals surface area contributed by atoms with Crippen molar-refractivity contribution in [3.8, 4) is 0 Å². The fraction of sp³-hybridized carbons (Fsp3) is 0.333. The largest absolute Gasteiger partial charge is 0.481 e. The van der Waals surface area contributed by atoms with Gasteiger partial charge in [0.15, 0.2) is 0 Å². The lowest BCUT2D eigenvalue weighted by Gasteiger charge is -2.17. The van der Waals surface area contributed by atoms with Crippen LogP contribution >= 0.6 is 0 Å². The first kappa shape index (κ1) is 17.2. The molecule has 130 valence electrons. The van der Waals surface area contributed by atoms with Crippen LogP contribution in [0.3, 0.4) is 0 Å². The van der Waals surface area contributed by atoms with Crippen LogP contribution in [0.2, 0.25) is 0 Å². The van der Waals surface area contributed by atoms with Crippen LogP contribution in [0.1, 0.15) is 41.5 Å². The molecule has 1 fully saturated rings. The van der Waals surface area contributed by atoms with Gasteiger partial charge in [0.05, 0.1) is 5.41 Å². The summed E-state index contributed by atoms with van der Waals surface area (Å²) in [7, 11) is 0. The maximum atomic E-state index is 12.9. The Hall–Kier alpha value is -2.62. The molecule has 4 nitrogen and oxygen atoms in total. The van der Waals surface area contributed by atoms with E-state index in [1.54, 1.807) is 0 Å². The van der Waals surface area contributed by atoms with Crippen LogP contribution in [0.5, 0.6) is 0 Å². The van der Waals surface area contributed by atoms with Gasteiger partial charge in [-0.3, -0.25) is 9.59 Å². The summed E-state index contributed by atoms with van der Waals surface area (Å²) in [5.74, 6) is -0.797. The van der Waals surface area contributed by atoms with Gasteiger partial charge in [-0.2, -0.15) is 0 Å². The zero-order valence-corrected chi connectivity index (χ0v) is 14.6. The van der Waals surface area contributed by atoms with Crippen molar-refractivity contribution in [3.63, 3.8) is 0 Å². The normalized spacial score (nSPS) is 14.8. The lowest BCUT2D eigenvalue weighted by Crippen LogP contribution is -2.28. The van der Waals surface area contributed by atoms with Crippen molar-refractivity contribution in [3.05, 3.63) is 64.7 Å². The van der Waals surface area contributed by atoms with Crippen LogP contribution in [0.4, 0.5) is 5.69 Å². The summed E-state index contributed by atoms with van der Waals surface area (Å²) in [6.07, 6.45) is 2.27. The Balaban J connectivity index is 1.76. The van der Waals surface area contributed by atoms with Gasteiger partial charge in [0.25, 0.3) is 0 Å². The van der Waals surface area contributed by atoms with Gasteiger partial charge in [0, 0.05) is 12.1 Å². The molecule has 0 unspecified atom stereocenters. The summed E-state index contributed by atoms with van der Waals surface area (Å²) in [6.45, 7) is 4.10. The first-order valence-electron chi connectivity index (χ1n) is 8.60. The lowest BCUT2D eigenvalue weighted by atomic mass is 9.92. The van der Waals surface area contributed by atoms with Crippen LogP contribution in [0.25, 0.3) is 0 Å². The van der Waals surface area contributed by atoms with Gasteiger partial charge >= 0.3 is 5.97 Å². The summed E-state index contributed by atoms with van der Waals surface area (Å²) in [5, 5.41) is 11.8. The maximum Gasteiger partial charge on any atom is 0.303 e. The number of carboxylic acids is 1. The summed E-state index contributed by atoms with van der Waals surface area (Å²) >= 11 is 0. The molecule has 25 heavy (non-hydrogen) atoms. The first-order chi connectivity index (χ1) is 11.9. The smallest absolute Gasteiger partial charge is 0.303 e. The van der Waals surface area contributed by atoms with Crippen molar-refractivity contribution in [1.29, 1.82) is 0 Å². The van der Waals surface area contributed by atoms with Crippen LogP contribution in [-0.4, -0.2) is 17.0 Å². The molecule has 1 aliphatic carbocycles. The average molecular weight is 337 g/mol. The molecule has 2 aromatic rings. The molecule has 0 heterocycles. The average Bonchev–Trinajstić information content (AvgIpc) is 3.34. The Kier molecular flexibility index (Phi) is 4.62. The zero-order valence-electron chi connectivity index (χ0n) is 14.6. The van der Waals surface area contributed by atoms with Gasteiger partial charge in [-0.15, -0.1) is 0 Å². The van der Waals surface area contributed by atoms with E-state index in [1.165, 1.54) is 11.1 Å². The van der Waals surface area contributed by atoms with Gasteiger partial charge in [-0.25, -0.2) is 0 Å². The molecule has 3 rings (SSSR count). The fourth-order valence-corrected chi connectivity index (χ4v) is 3.33. The van der Waals surface area contributed by atoms with Gasteiger partial charge in [0.2, 0.25) is 5.91 Å². The number of carboxylic acid groups (broad SMARTS) is 1. The second kappa shape index (κ2) is 6.71. The molecule has 2 N–H and O–H groups in total. The third-order valence-corrected chi connectivity index (χ3v) is 4.77. The van der Waals surface area contributed by atoms with Gasteiger partial charge in [0.1, 0.15) is 0 Å². The first-order valence-corrected chi connectivity index (χ1v) is 8.60. The quantitative estimate of drug-likeness (QED) is 0.837. The highest BCUT2D eigenvalue weighted by molar-refractivity contribution is 6.01. The number of rotatable bonds is 6. The molecule has 0 spiro atoms. The van der Waals surface area contributed by atoms with Crippen LogP contribution < -0.4 is 5.32 Å². The third-order valence-electron chi connectivity index (χ3n) is 4.77. The minimum absolute atomic E-state index is 0.0212. The Morgan fingerprint density at radius 3 is 2.36 bits per heavy atom. The number of aliphatic carboxylic acids is 1. The second-order valence-electron chi connectivity index (χ2n) is 7.01. The number of amides is 1. The number of hydrogen-bond donors (Lipinski definition) is 2. The van der Waals surface area contributed by atoms with E-state index in [4.69, 9.17) is 5.11 Å². The highest BCUT2D eigenvalue weighted by Gasteiger charge is 2.51. The number of carbonyl (C=O) groups is 2. The molecule has 0 atom stereocenters. The molecule has 4 heteroatoms. The van der Waals surface area contributed by atoms with Crippen LogP contribution in [-0.2, 0) is 21.4 Å². The minimum Gasteiger partial charge on any atom is -0.481 e. The Labute approximate surface area is 147 Å². The number of aryl methyl sites for hydroxylation is 3. The summed E-state index contributed by atoms with van der Waals surface area (Å²) in [6, 6.07) is 13.8. The molecule has 1 aliphatic rings. The highest BCUT2D eigenvalue weighted by atomic mass is 16.4. The molecular weight excluding hydrogens is 314 g/mol. The molecule has 0 radical (unpaired) electrons. The Bertz CT molecular complexity index is 801. The van der Waals surface area contributed by atoms with E-state index in [0.717, 1.165) is 29.7 Å². The molecule has 0 aliphatic heterocycles. The maximum absolute atomic E-state index is 12.9. The van der Waals surface area contributed by atoms with E-state index in [9.17, 15) is 9.59 Å². The second-order valence-corrected chi connectivity index (χ2v) is 7.01. The summed E-state index contributed by atoms with van der Waals surface area (Å²) in [4.78, 5) is 23.6. The fourth-order valence-electron chi connectivity index (χ4n) is 3.33. The van der Waals surface area contributed by atoms with Gasteiger partial charge in [-0.05, 0) is 56.4 Å². The summed E-state index contributed by atoms with van der Waals surface area (Å²) < 4.78 is 0. The van der Waals surface area contributed by atoms with E-state index in [0.29, 0.717) is 6.42 Å². The molecular formula is C21H23NO3. The van der Waals surface area contributed by atoms with E-state index in [-0.39, 0.29) is 12.3 Å². The van der Waals surface area contributed by atoms with E-state index >= 15 is 0 Å². The highest BCUT2D eigenvalue weighted by Crippen LogP contribution is 2.49. The predicted octanol–water partition coefficient (Wildman–Crippen LogP) is 3.99. The van der Waals surface area contributed by atoms with E-state index < -0.39 is 11.4 Å². The number of carbonyl (C=O) groups excluding carboxylic acids is 1. The van der Waals surface area contributed by atoms with E-state index in [2.05, 4.69) is 37.4 Å². The predicted molar refractivity (Wildman–Crippen MR) is 97.9 cm³/mol. The molecule has 2 aromatic carbocycles. The topological polar surface area (TPSA) is 66.4 Å². The van der Waals surface area contributed by atoms with Gasteiger partial charge < -0.3 is 10.4 Å². The third kappa shape index (κ3) is 3.90. The van der Waals surface area contributed by atoms with E-state index in [1.807, 2.05) is 24.3 Å². The van der Waals surface area contributed by atoms with Gasteiger partial charge in [-0.1, -0.05) is 41.5 Å². The van der Waals surface area contributed by atoms with Crippen molar-refractivity contribution in [2.24, 2.45) is 0 Å². The van der Waals surface area contributed by atoms with Crippen molar-refractivity contribution in [2.75, 3.05) is 5.32 Å². The monoisotopic (exact) mass is 337 g/mol. The van der Waals surface area contributed by atoms with Crippen LogP contribution in [0, 0.1) is 13.8 Å². The number of anilines is 1. The van der Waals surface area contributed by atoms with Crippen molar-refractivity contribution in [2.45, 2.75) is 44.9 Å². The molecule has 0 bridgehead atoms. The lowest BCUT2D eigenvalue weighted by molar-refractivity contribution is -0.137. The zero-order chi connectivity index (χ0) is 18.0. The van der Waals surface area contributed by atoms with Crippen molar-refractivity contribution in [1.82, 2.24) is 0 Å².